The standard InChI is InChI=1S/C32H67N2O6P/c1-6-8-10-12-13-14-15-16-17-18-19-20-21-22-23-25-31(35)30(33-32(36)26-24-11-9-7-2)29-40-41(37,38)39-28-27-34(3,4)5/h30-31,35H,6-29H2,1-5H3,(H-,33,36,37,38). The Labute approximate surface area is 253 Å². The third-order valence-electron chi connectivity index (χ3n) is 7.60. The Bertz CT molecular complexity index is 659. The summed E-state index contributed by atoms with van der Waals surface area (Å²) >= 11 is 0. The lowest BCUT2D eigenvalue weighted by Gasteiger charge is -2.30. The zero-order valence-corrected chi connectivity index (χ0v) is 28.4. The second-order valence-electron chi connectivity index (χ2n) is 12.9. The summed E-state index contributed by atoms with van der Waals surface area (Å²) in [6.45, 7) is 4.57. The van der Waals surface area contributed by atoms with Gasteiger partial charge in [0.1, 0.15) is 13.2 Å². The summed E-state index contributed by atoms with van der Waals surface area (Å²) in [5.74, 6) is -0.183. The van der Waals surface area contributed by atoms with Crippen LogP contribution in [-0.4, -0.2) is 68.5 Å². The number of phosphoric ester groups is 1. The normalized spacial score (nSPS) is 15.0. The van der Waals surface area contributed by atoms with E-state index in [2.05, 4.69) is 19.2 Å². The lowest BCUT2D eigenvalue weighted by Crippen LogP contribution is -2.46. The number of aliphatic hydroxyl groups is 1. The fourth-order valence-corrected chi connectivity index (χ4v) is 5.52. The molecular weight excluding hydrogens is 539 g/mol. The molecule has 0 saturated heterocycles. The molecule has 0 heterocycles. The Balaban J connectivity index is 4.31. The Morgan fingerprint density at radius 1 is 0.756 bits per heavy atom. The maximum Gasteiger partial charge on any atom is 0.268 e. The second kappa shape index (κ2) is 25.9. The number of likely N-dealkylation sites (N-methyl/N-ethyl adjacent to an activating group) is 1. The van der Waals surface area contributed by atoms with Crippen LogP contribution < -0.4 is 10.2 Å². The number of hydrogen-bond acceptors (Lipinski definition) is 6. The van der Waals surface area contributed by atoms with Gasteiger partial charge in [-0.15, -0.1) is 0 Å². The molecule has 0 aromatic rings. The van der Waals surface area contributed by atoms with Gasteiger partial charge in [-0.05, 0) is 12.8 Å². The molecule has 0 rings (SSSR count). The smallest absolute Gasteiger partial charge is 0.268 e. The van der Waals surface area contributed by atoms with Crippen LogP contribution in [0.2, 0.25) is 0 Å². The van der Waals surface area contributed by atoms with Gasteiger partial charge in [-0.25, -0.2) is 0 Å². The van der Waals surface area contributed by atoms with Crippen molar-refractivity contribution in [1.29, 1.82) is 0 Å². The molecule has 3 unspecified atom stereocenters. The first kappa shape index (κ1) is 40.5. The van der Waals surface area contributed by atoms with Gasteiger partial charge in [0.2, 0.25) is 5.91 Å². The predicted molar refractivity (Wildman–Crippen MR) is 169 cm³/mol. The highest BCUT2D eigenvalue weighted by molar-refractivity contribution is 7.45. The topological polar surface area (TPSA) is 108 Å². The number of amides is 1. The molecule has 0 fully saturated rings. The number of quaternary nitrogens is 1. The minimum absolute atomic E-state index is 0.0143. The number of nitrogens with one attached hydrogen (secondary N) is 1. The number of unbranched alkanes of at least 4 members (excludes halogenated alkanes) is 17. The molecule has 3 atom stereocenters. The summed E-state index contributed by atoms with van der Waals surface area (Å²) in [4.78, 5) is 24.7. The number of phosphoric acid groups is 1. The maximum atomic E-state index is 12.5. The van der Waals surface area contributed by atoms with Gasteiger partial charge in [0.25, 0.3) is 7.82 Å². The molecule has 0 radical (unpaired) electrons. The zero-order valence-electron chi connectivity index (χ0n) is 27.5. The van der Waals surface area contributed by atoms with Crippen LogP contribution in [-0.2, 0) is 18.4 Å². The number of carbonyl (C=O) groups excluding carboxylic acids is 1. The fraction of sp³-hybridized carbons (Fsp3) is 0.969. The van der Waals surface area contributed by atoms with Crippen LogP contribution in [0.5, 0.6) is 0 Å². The summed E-state index contributed by atoms with van der Waals surface area (Å²) in [6.07, 6.45) is 22.9. The minimum atomic E-state index is -4.53. The minimum Gasteiger partial charge on any atom is -0.756 e. The lowest BCUT2D eigenvalue weighted by atomic mass is 10.0. The third kappa shape index (κ3) is 28.1. The average molecular weight is 607 g/mol. The highest BCUT2D eigenvalue weighted by Gasteiger charge is 2.24. The Morgan fingerprint density at radius 2 is 1.20 bits per heavy atom. The van der Waals surface area contributed by atoms with Crippen LogP contribution in [0.4, 0.5) is 0 Å². The van der Waals surface area contributed by atoms with Gasteiger partial charge in [-0.2, -0.15) is 0 Å². The molecule has 41 heavy (non-hydrogen) atoms. The Hall–Kier alpha value is -0.500. The van der Waals surface area contributed by atoms with E-state index in [0.29, 0.717) is 23.9 Å². The van der Waals surface area contributed by atoms with Crippen molar-refractivity contribution < 1.29 is 32.9 Å². The van der Waals surface area contributed by atoms with Crippen molar-refractivity contribution in [3.05, 3.63) is 0 Å². The van der Waals surface area contributed by atoms with Gasteiger partial charge < -0.3 is 28.8 Å². The Morgan fingerprint density at radius 3 is 1.66 bits per heavy atom. The first-order valence-electron chi connectivity index (χ1n) is 16.9. The van der Waals surface area contributed by atoms with Gasteiger partial charge in [0.15, 0.2) is 0 Å². The van der Waals surface area contributed by atoms with E-state index >= 15 is 0 Å². The van der Waals surface area contributed by atoms with Gasteiger partial charge in [0, 0.05) is 6.42 Å². The summed E-state index contributed by atoms with van der Waals surface area (Å²) in [5, 5.41) is 13.6. The second-order valence-corrected chi connectivity index (χ2v) is 14.3. The molecule has 0 aliphatic carbocycles. The monoisotopic (exact) mass is 606 g/mol. The zero-order chi connectivity index (χ0) is 30.8. The number of nitrogens with zero attached hydrogens (tertiary/aromatic N) is 1. The molecule has 0 spiro atoms. The van der Waals surface area contributed by atoms with Crippen molar-refractivity contribution in [2.45, 2.75) is 161 Å². The number of aliphatic hydroxyl groups excluding tert-OH is 1. The molecule has 0 aliphatic heterocycles. The third-order valence-corrected chi connectivity index (χ3v) is 8.56. The van der Waals surface area contributed by atoms with Gasteiger partial charge in [-0.3, -0.25) is 9.36 Å². The van der Waals surface area contributed by atoms with Gasteiger partial charge in [0.05, 0.1) is 39.9 Å². The molecule has 0 aromatic carbocycles. The molecular formula is C32H67N2O6P. The average Bonchev–Trinajstić information content (AvgIpc) is 2.90. The fourth-order valence-electron chi connectivity index (χ4n) is 4.80. The summed E-state index contributed by atoms with van der Waals surface area (Å²) in [7, 11) is 1.30. The predicted octanol–water partition coefficient (Wildman–Crippen LogP) is 7.27. The number of hydrogen-bond donors (Lipinski definition) is 2. The van der Waals surface area contributed by atoms with Crippen LogP contribution in [0.15, 0.2) is 0 Å². The van der Waals surface area contributed by atoms with Crippen LogP contribution in [0, 0.1) is 0 Å². The van der Waals surface area contributed by atoms with E-state index in [4.69, 9.17) is 9.05 Å². The van der Waals surface area contributed by atoms with E-state index in [1.54, 1.807) is 0 Å². The van der Waals surface area contributed by atoms with E-state index in [9.17, 15) is 19.4 Å². The summed E-state index contributed by atoms with van der Waals surface area (Å²) in [6, 6.07) is -0.787. The van der Waals surface area contributed by atoms with Crippen molar-refractivity contribution in [3.63, 3.8) is 0 Å². The highest BCUT2D eigenvalue weighted by Crippen LogP contribution is 2.38. The largest absolute Gasteiger partial charge is 0.756 e. The van der Waals surface area contributed by atoms with Crippen molar-refractivity contribution in [2.24, 2.45) is 0 Å². The highest BCUT2D eigenvalue weighted by atomic mass is 31.2. The van der Waals surface area contributed by atoms with Crippen LogP contribution >= 0.6 is 7.82 Å². The van der Waals surface area contributed by atoms with Crippen LogP contribution in [0.25, 0.3) is 0 Å². The molecule has 8 nitrogen and oxygen atoms in total. The van der Waals surface area contributed by atoms with E-state index in [-0.39, 0.29) is 19.1 Å². The van der Waals surface area contributed by atoms with E-state index < -0.39 is 20.0 Å². The number of rotatable bonds is 30. The first-order chi connectivity index (χ1) is 19.5. The summed E-state index contributed by atoms with van der Waals surface area (Å²) in [5.41, 5.74) is 0. The molecule has 9 heteroatoms. The Kier molecular flexibility index (Phi) is 25.6. The van der Waals surface area contributed by atoms with E-state index in [1.807, 2.05) is 21.1 Å². The molecule has 1 amide bonds. The molecule has 0 bridgehead atoms. The molecule has 0 aliphatic rings. The van der Waals surface area contributed by atoms with Crippen LogP contribution in [0.3, 0.4) is 0 Å². The van der Waals surface area contributed by atoms with Gasteiger partial charge >= 0.3 is 0 Å². The molecule has 0 saturated carbocycles. The molecule has 246 valence electrons. The van der Waals surface area contributed by atoms with E-state index in [0.717, 1.165) is 44.9 Å². The lowest BCUT2D eigenvalue weighted by molar-refractivity contribution is -0.870. The maximum absolute atomic E-state index is 12.5. The van der Waals surface area contributed by atoms with Crippen molar-refractivity contribution >= 4 is 13.7 Å². The van der Waals surface area contributed by atoms with Crippen molar-refractivity contribution in [1.82, 2.24) is 5.32 Å². The van der Waals surface area contributed by atoms with Crippen LogP contribution in [0.1, 0.15) is 149 Å². The first-order valence-corrected chi connectivity index (χ1v) is 18.3. The van der Waals surface area contributed by atoms with Crippen molar-refractivity contribution in [3.8, 4) is 0 Å². The summed E-state index contributed by atoms with van der Waals surface area (Å²) < 4.78 is 22.9. The van der Waals surface area contributed by atoms with Gasteiger partial charge in [-0.1, -0.05) is 129 Å². The van der Waals surface area contributed by atoms with E-state index in [1.165, 1.54) is 77.0 Å². The number of carbonyl (C=O) groups is 1. The molecule has 2 N–H and O–H groups in total. The molecule has 0 aromatic heterocycles. The quantitative estimate of drug-likeness (QED) is 0.0506. The SMILES string of the molecule is CCCCCCCCCCCCCCCCCC(O)C(COP(=O)([O-])OCC[N+](C)(C)C)NC(=O)CCCCCC. The van der Waals surface area contributed by atoms with Crippen molar-refractivity contribution in [2.75, 3.05) is 40.9 Å².